The molecule has 0 spiro atoms. The van der Waals surface area contributed by atoms with Crippen molar-refractivity contribution in [2.75, 3.05) is 19.4 Å². The maximum absolute atomic E-state index is 14.2. The number of thioether (sulfide) groups is 1. The highest BCUT2D eigenvalue weighted by atomic mass is 32.2. The average Bonchev–Trinajstić information content (AvgIpc) is 3.10. The minimum absolute atomic E-state index is 0.0120. The van der Waals surface area contributed by atoms with Crippen molar-refractivity contribution < 1.29 is 4.39 Å². The topological polar surface area (TPSA) is 36.1 Å². The fourth-order valence-corrected chi connectivity index (χ4v) is 4.33. The van der Waals surface area contributed by atoms with E-state index in [1.807, 2.05) is 26.1 Å². The lowest BCUT2D eigenvalue weighted by molar-refractivity contribution is 0.627. The molecule has 1 heterocycles. The fraction of sp³-hybridized carbons (Fsp3) is 0.364. The Balaban J connectivity index is 2.52. The molecule has 1 fully saturated rings. The summed E-state index contributed by atoms with van der Waals surface area (Å²) in [6.07, 6.45) is 4.17. The van der Waals surface area contributed by atoms with Crippen molar-refractivity contribution in [1.82, 2.24) is 10.6 Å². The molecule has 1 aromatic carbocycles. The molecule has 1 aliphatic heterocycles. The van der Waals surface area contributed by atoms with Crippen LogP contribution in [0.25, 0.3) is 0 Å². The molecule has 27 heavy (non-hydrogen) atoms. The monoisotopic (exact) mass is 387 g/mol. The molecule has 5 heteroatoms. The summed E-state index contributed by atoms with van der Waals surface area (Å²) < 4.78 is 14.2. The standard InChI is InChI=1S/C22H30FN3S/c1-8-9-17(15(5)24-6)14(4)20-21(13(2)3)27-22(26-20)16-10-11-19(25-7)18(23)12-16/h8-12,22,24-26H,1-7H3/b9-8-,17-15?,20-14+. The number of benzene rings is 1. The van der Waals surface area contributed by atoms with Crippen LogP contribution in [0.2, 0.25) is 0 Å². The van der Waals surface area contributed by atoms with Gasteiger partial charge in [0.25, 0.3) is 0 Å². The Hall–Kier alpha value is -2.14. The summed E-state index contributed by atoms with van der Waals surface area (Å²) >= 11 is 1.74. The van der Waals surface area contributed by atoms with Gasteiger partial charge in [0.2, 0.25) is 0 Å². The first kappa shape index (κ1) is 21.2. The highest BCUT2D eigenvalue weighted by molar-refractivity contribution is 8.03. The van der Waals surface area contributed by atoms with E-state index in [9.17, 15) is 4.39 Å². The first-order valence-electron chi connectivity index (χ1n) is 9.14. The zero-order valence-corrected chi connectivity index (χ0v) is 18.1. The van der Waals surface area contributed by atoms with Gasteiger partial charge in [0, 0.05) is 24.7 Å². The van der Waals surface area contributed by atoms with Crippen LogP contribution in [0.5, 0.6) is 0 Å². The zero-order chi connectivity index (χ0) is 20.1. The van der Waals surface area contributed by atoms with E-state index in [-0.39, 0.29) is 11.2 Å². The summed E-state index contributed by atoms with van der Waals surface area (Å²) in [5.41, 5.74) is 7.27. The first-order chi connectivity index (χ1) is 12.8. The average molecular weight is 388 g/mol. The Bertz CT molecular complexity index is 830. The van der Waals surface area contributed by atoms with Crippen molar-refractivity contribution in [2.24, 2.45) is 0 Å². The second-order valence-electron chi connectivity index (χ2n) is 6.75. The normalized spacial score (nSPS) is 19.7. The van der Waals surface area contributed by atoms with E-state index in [1.54, 1.807) is 30.9 Å². The largest absolute Gasteiger partial charge is 0.391 e. The molecule has 0 amide bonds. The summed E-state index contributed by atoms with van der Waals surface area (Å²) in [7, 11) is 3.66. The summed E-state index contributed by atoms with van der Waals surface area (Å²) in [5, 5.41) is 9.73. The number of anilines is 1. The van der Waals surface area contributed by atoms with Gasteiger partial charge in [0.05, 0.1) is 11.4 Å². The van der Waals surface area contributed by atoms with Gasteiger partial charge in [-0.15, -0.1) is 0 Å². The van der Waals surface area contributed by atoms with E-state index in [4.69, 9.17) is 0 Å². The van der Waals surface area contributed by atoms with Crippen LogP contribution in [0.1, 0.15) is 45.6 Å². The fourth-order valence-electron chi connectivity index (χ4n) is 3.07. The predicted molar refractivity (Wildman–Crippen MR) is 117 cm³/mol. The molecule has 146 valence electrons. The second-order valence-corrected chi connectivity index (χ2v) is 7.86. The molecule has 3 N–H and O–H groups in total. The van der Waals surface area contributed by atoms with Crippen LogP contribution in [-0.2, 0) is 0 Å². The molecule has 2 rings (SSSR count). The van der Waals surface area contributed by atoms with Gasteiger partial charge in [0.15, 0.2) is 0 Å². The molecule has 0 saturated carbocycles. The zero-order valence-electron chi connectivity index (χ0n) is 17.3. The molecule has 0 aliphatic carbocycles. The van der Waals surface area contributed by atoms with Crippen molar-refractivity contribution in [3.05, 3.63) is 74.8 Å². The molecule has 0 aromatic heterocycles. The maximum Gasteiger partial charge on any atom is 0.146 e. The van der Waals surface area contributed by atoms with Crippen molar-refractivity contribution in [3.63, 3.8) is 0 Å². The van der Waals surface area contributed by atoms with Gasteiger partial charge in [-0.2, -0.15) is 0 Å². The van der Waals surface area contributed by atoms with Gasteiger partial charge < -0.3 is 16.0 Å². The van der Waals surface area contributed by atoms with Crippen LogP contribution in [-0.4, -0.2) is 14.1 Å². The second kappa shape index (κ2) is 9.18. The number of allylic oxidation sites excluding steroid dienone is 6. The van der Waals surface area contributed by atoms with Crippen LogP contribution in [0.4, 0.5) is 10.1 Å². The van der Waals surface area contributed by atoms with Crippen molar-refractivity contribution in [1.29, 1.82) is 0 Å². The van der Waals surface area contributed by atoms with E-state index in [0.717, 1.165) is 17.0 Å². The van der Waals surface area contributed by atoms with E-state index in [0.29, 0.717) is 5.69 Å². The molecular weight excluding hydrogens is 357 g/mol. The Morgan fingerprint density at radius 1 is 1.19 bits per heavy atom. The van der Waals surface area contributed by atoms with Gasteiger partial charge in [-0.05, 0) is 63.5 Å². The molecule has 1 aromatic rings. The van der Waals surface area contributed by atoms with E-state index in [2.05, 4.69) is 49.7 Å². The Kier molecular flexibility index (Phi) is 7.19. The lowest BCUT2D eigenvalue weighted by atomic mass is 10.0. The van der Waals surface area contributed by atoms with E-state index >= 15 is 0 Å². The third kappa shape index (κ3) is 4.59. The smallest absolute Gasteiger partial charge is 0.146 e. The van der Waals surface area contributed by atoms with Crippen molar-refractivity contribution >= 4 is 17.4 Å². The lowest BCUT2D eigenvalue weighted by Crippen LogP contribution is -2.14. The molecule has 0 bridgehead atoms. The summed E-state index contributed by atoms with van der Waals surface area (Å²) in [6.45, 7) is 10.5. The van der Waals surface area contributed by atoms with Gasteiger partial charge >= 0.3 is 0 Å². The number of hydrogen-bond acceptors (Lipinski definition) is 4. The van der Waals surface area contributed by atoms with Gasteiger partial charge in [-0.25, -0.2) is 4.39 Å². The van der Waals surface area contributed by atoms with Crippen LogP contribution in [0.3, 0.4) is 0 Å². The third-order valence-corrected chi connectivity index (χ3v) is 6.12. The minimum Gasteiger partial charge on any atom is -0.391 e. The number of halogens is 1. The Morgan fingerprint density at radius 3 is 2.41 bits per heavy atom. The molecule has 1 saturated heterocycles. The van der Waals surface area contributed by atoms with E-state index in [1.165, 1.54) is 21.6 Å². The predicted octanol–water partition coefficient (Wildman–Crippen LogP) is 5.84. The Morgan fingerprint density at radius 2 is 1.89 bits per heavy atom. The SMILES string of the molecule is C/C=C\C(=C(C)NC)/C(C)=C1/NC(c2ccc(NC)c(F)c2)SC1=C(C)C. The number of nitrogens with one attached hydrogen (secondary N) is 3. The summed E-state index contributed by atoms with van der Waals surface area (Å²) in [5.74, 6) is -0.231. The van der Waals surface area contributed by atoms with Crippen LogP contribution in [0.15, 0.2) is 63.4 Å². The molecule has 1 unspecified atom stereocenters. The third-order valence-electron chi connectivity index (χ3n) is 4.65. The number of rotatable bonds is 5. The van der Waals surface area contributed by atoms with E-state index < -0.39 is 0 Å². The molecule has 0 radical (unpaired) electrons. The van der Waals surface area contributed by atoms with Gasteiger partial charge in [-0.1, -0.05) is 35.6 Å². The molecule has 1 aliphatic rings. The Labute approximate surface area is 166 Å². The van der Waals surface area contributed by atoms with Crippen LogP contribution >= 0.6 is 11.8 Å². The molecule has 3 nitrogen and oxygen atoms in total. The summed E-state index contributed by atoms with van der Waals surface area (Å²) in [6, 6.07) is 5.38. The summed E-state index contributed by atoms with van der Waals surface area (Å²) in [4.78, 5) is 1.22. The first-order valence-corrected chi connectivity index (χ1v) is 10.0. The minimum atomic E-state index is -0.231. The highest BCUT2D eigenvalue weighted by Gasteiger charge is 2.29. The van der Waals surface area contributed by atoms with Crippen molar-refractivity contribution in [3.8, 4) is 0 Å². The quantitative estimate of drug-likeness (QED) is 0.555. The highest BCUT2D eigenvalue weighted by Crippen LogP contribution is 2.46. The molecule has 1 atom stereocenters. The van der Waals surface area contributed by atoms with Gasteiger partial charge in [-0.3, -0.25) is 0 Å². The number of hydrogen-bond donors (Lipinski definition) is 3. The van der Waals surface area contributed by atoms with Crippen LogP contribution < -0.4 is 16.0 Å². The van der Waals surface area contributed by atoms with Crippen LogP contribution in [0, 0.1) is 5.82 Å². The van der Waals surface area contributed by atoms with Crippen molar-refractivity contribution in [2.45, 2.75) is 40.0 Å². The molecular formula is C22H30FN3S. The lowest BCUT2D eigenvalue weighted by Gasteiger charge is -2.15. The maximum atomic E-state index is 14.2. The van der Waals surface area contributed by atoms with Gasteiger partial charge in [0.1, 0.15) is 11.2 Å².